The molecule has 0 radical (unpaired) electrons. The van der Waals surface area contributed by atoms with E-state index in [0.29, 0.717) is 24.9 Å². The maximum Gasteiger partial charge on any atom is 0.223 e. The van der Waals surface area contributed by atoms with E-state index >= 15 is 0 Å². The molecule has 2 fully saturated rings. The second-order valence-electron chi connectivity index (χ2n) is 6.18. The van der Waals surface area contributed by atoms with Gasteiger partial charge in [0.15, 0.2) is 0 Å². The molecule has 0 aromatic heterocycles. The van der Waals surface area contributed by atoms with Crippen molar-refractivity contribution >= 4 is 5.91 Å². The van der Waals surface area contributed by atoms with Crippen molar-refractivity contribution in [2.24, 2.45) is 17.8 Å². The van der Waals surface area contributed by atoms with Crippen molar-refractivity contribution in [1.82, 2.24) is 5.32 Å². The van der Waals surface area contributed by atoms with E-state index in [9.17, 15) is 9.90 Å². The molecular weight excluding hydrogens is 266 g/mol. The minimum atomic E-state index is 0.0296. The number of carbonyl (C=O) groups is 1. The number of hydrogen-bond acceptors (Lipinski definition) is 3. The van der Waals surface area contributed by atoms with E-state index in [-0.39, 0.29) is 24.5 Å². The summed E-state index contributed by atoms with van der Waals surface area (Å²) in [6.07, 6.45) is 3.92. The lowest BCUT2D eigenvalue weighted by atomic mass is 9.85. The average Bonchev–Trinajstić information content (AvgIpc) is 3.09. The SMILES string of the molecule is O=C(CCOc1ccccc1)NC1C2CCC(C2)C1CO. The summed E-state index contributed by atoms with van der Waals surface area (Å²) in [4.78, 5) is 12.1. The molecule has 2 saturated carbocycles. The molecule has 0 heterocycles. The van der Waals surface area contributed by atoms with Crippen LogP contribution in [0.5, 0.6) is 5.75 Å². The molecule has 0 spiro atoms. The number of aliphatic hydroxyl groups excluding tert-OH is 1. The number of nitrogens with one attached hydrogen (secondary N) is 1. The fourth-order valence-electron chi connectivity index (χ4n) is 3.93. The predicted molar refractivity (Wildman–Crippen MR) is 79.9 cm³/mol. The quantitative estimate of drug-likeness (QED) is 0.842. The van der Waals surface area contributed by atoms with Crippen molar-refractivity contribution in [3.8, 4) is 5.75 Å². The molecule has 1 aromatic carbocycles. The smallest absolute Gasteiger partial charge is 0.223 e. The van der Waals surface area contributed by atoms with Crippen molar-refractivity contribution in [1.29, 1.82) is 0 Å². The number of amides is 1. The minimum absolute atomic E-state index is 0.0296. The van der Waals surface area contributed by atoms with Gasteiger partial charge in [-0.05, 0) is 43.2 Å². The van der Waals surface area contributed by atoms with Gasteiger partial charge in [0.25, 0.3) is 0 Å². The lowest BCUT2D eigenvalue weighted by Gasteiger charge is -2.30. The third kappa shape index (κ3) is 3.21. The van der Waals surface area contributed by atoms with E-state index < -0.39 is 0 Å². The fraction of sp³-hybridized carbons (Fsp3) is 0.588. The lowest BCUT2D eigenvalue weighted by Crippen LogP contribution is -2.45. The van der Waals surface area contributed by atoms with Crippen molar-refractivity contribution in [2.45, 2.75) is 31.7 Å². The van der Waals surface area contributed by atoms with Gasteiger partial charge in [-0.1, -0.05) is 18.2 Å². The first-order valence-electron chi connectivity index (χ1n) is 7.86. The zero-order valence-electron chi connectivity index (χ0n) is 12.2. The molecule has 2 bridgehead atoms. The van der Waals surface area contributed by atoms with E-state index in [1.54, 1.807) is 0 Å². The standard InChI is InChI=1S/C17H23NO3/c19-11-15-12-6-7-13(10-12)17(15)18-16(20)8-9-21-14-4-2-1-3-5-14/h1-5,12-13,15,17,19H,6-11H2,(H,18,20). The van der Waals surface area contributed by atoms with Crippen molar-refractivity contribution in [2.75, 3.05) is 13.2 Å². The molecule has 3 rings (SSSR count). The highest BCUT2D eigenvalue weighted by Crippen LogP contribution is 2.48. The van der Waals surface area contributed by atoms with Gasteiger partial charge in [-0.25, -0.2) is 0 Å². The third-order valence-electron chi connectivity index (χ3n) is 4.97. The van der Waals surface area contributed by atoms with Crippen LogP contribution in [-0.4, -0.2) is 30.3 Å². The Bertz CT molecular complexity index is 476. The summed E-state index contributed by atoms with van der Waals surface area (Å²) in [6, 6.07) is 9.69. The Balaban J connectivity index is 1.44. The molecule has 4 unspecified atom stereocenters. The predicted octanol–water partition coefficient (Wildman–Crippen LogP) is 1.98. The zero-order chi connectivity index (χ0) is 14.7. The number of aliphatic hydroxyl groups is 1. The lowest BCUT2D eigenvalue weighted by molar-refractivity contribution is -0.123. The van der Waals surface area contributed by atoms with E-state index in [0.717, 1.165) is 12.2 Å². The molecule has 2 aliphatic carbocycles. The zero-order valence-corrected chi connectivity index (χ0v) is 12.2. The fourth-order valence-corrected chi connectivity index (χ4v) is 3.93. The van der Waals surface area contributed by atoms with Crippen LogP contribution in [-0.2, 0) is 4.79 Å². The summed E-state index contributed by atoms with van der Waals surface area (Å²) in [5.74, 6) is 2.24. The first kappa shape index (κ1) is 14.4. The molecule has 1 amide bonds. The van der Waals surface area contributed by atoms with Crippen LogP contribution < -0.4 is 10.1 Å². The molecule has 1 aromatic rings. The van der Waals surface area contributed by atoms with Gasteiger partial charge in [-0.15, -0.1) is 0 Å². The van der Waals surface area contributed by atoms with Crippen LogP contribution in [0.3, 0.4) is 0 Å². The molecule has 0 aliphatic heterocycles. The van der Waals surface area contributed by atoms with Crippen LogP contribution in [0.1, 0.15) is 25.7 Å². The van der Waals surface area contributed by atoms with Gasteiger partial charge in [0, 0.05) is 18.6 Å². The summed E-state index contributed by atoms with van der Waals surface area (Å²) in [6.45, 7) is 0.576. The Morgan fingerprint density at radius 2 is 2.00 bits per heavy atom. The topological polar surface area (TPSA) is 58.6 Å². The van der Waals surface area contributed by atoms with Crippen LogP contribution in [0, 0.1) is 17.8 Å². The normalized spacial score (nSPS) is 30.3. The van der Waals surface area contributed by atoms with E-state index in [1.807, 2.05) is 30.3 Å². The van der Waals surface area contributed by atoms with Gasteiger partial charge in [0.2, 0.25) is 5.91 Å². The Morgan fingerprint density at radius 3 is 2.76 bits per heavy atom. The van der Waals surface area contributed by atoms with Crippen molar-refractivity contribution < 1.29 is 14.6 Å². The molecule has 0 saturated heterocycles. The monoisotopic (exact) mass is 289 g/mol. The van der Waals surface area contributed by atoms with Gasteiger partial charge in [0.1, 0.15) is 5.75 Å². The van der Waals surface area contributed by atoms with Crippen LogP contribution in [0.15, 0.2) is 30.3 Å². The maximum atomic E-state index is 12.1. The highest BCUT2D eigenvalue weighted by Gasteiger charge is 2.47. The van der Waals surface area contributed by atoms with Gasteiger partial charge < -0.3 is 15.2 Å². The van der Waals surface area contributed by atoms with E-state index in [1.165, 1.54) is 12.8 Å². The van der Waals surface area contributed by atoms with Crippen LogP contribution >= 0.6 is 0 Å². The number of benzene rings is 1. The summed E-state index contributed by atoms with van der Waals surface area (Å²) in [5.41, 5.74) is 0. The summed E-state index contributed by atoms with van der Waals surface area (Å²) in [7, 11) is 0. The van der Waals surface area contributed by atoms with Crippen LogP contribution in [0.25, 0.3) is 0 Å². The largest absolute Gasteiger partial charge is 0.493 e. The van der Waals surface area contributed by atoms with Crippen molar-refractivity contribution in [3.05, 3.63) is 30.3 Å². The molecule has 2 aliphatic rings. The number of ether oxygens (including phenoxy) is 1. The van der Waals surface area contributed by atoms with Gasteiger partial charge in [-0.3, -0.25) is 4.79 Å². The second-order valence-corrected chi connectivity index (χ2v) is 6.18. The van der Waals surface area contributed by atoms with Gasteiger partial charge >= 0.3 is 0 Å². The number of fused-ring (bicyclic) bond motifs is 2. The Labute approximate surface area is 125 Å². The first-order valence-corrected chi connectivity index (χ1v) is 7.86. The first-order chi connectivity index (χ1) is 10.3. The molecule has 114 valence electrons. The Hall–Kier alpha value is -1.55. The molecule has 21 heavy (non-hydrogen) atoms. The third-order valence-corrected chi connectivity index (χ3v) is 4.97. The van der Waals surface area contributed by atoms with Gasteiger partial charge in [0.05, 0.1) is 13.0 Å². The second kappa shape index (κ2) is 6.48. The van der Waals surface area contributed by atoms with Crippen molar-refractivity contribution in [3.63, 3.8) is 0 Å². The van der Waals surface area contributed by atoms with Crippen LogP contribution in [0.2, 0.25) is 0 Å². The highest BCUT2D eigenvalue weighted by atomic mass is 16.5. The molecule has 4 atom stereocenters. The molecule has 4 heteroatoms. The number of hydrogen-bond donors (Lipinski definition) is 2. The number of carbonyl (C=O) groups excluding carboxylic acids is 1. The number of para-hydroxylation sites is 1. The van der Waals surface area contributed by atoms with E-state index in [4.69, 9.17) is 4.74 Å². The Kier molecular flexibility index (Phi) is 4.44. The maximum absolute atomic E-state index is 12.1. The summed E-state index contributed by atoms with van der Waals surface area (Å²) in [5, 5.41) is 12.6. The van der Waals surface area contributed by atoms with Gasteiger partial charge in [-0.2, -0.15) is 0 Å². The summed E-state index contributed by atoms with van der Waals surface area (Å²) < 4.78 is 5.55. The molecular formula is C17H23NO3. The summed E-state index contributed by atoms with van der Waals surface area (Å²) >= 11 is 0. The minimum Gasteiger partial charge on any atom is -0.493 e. The Morgan fingerprint density at radius 1 is 1.24 bits per heavy atom. The average molecular weight is 289 g/mol. The van der Waals surface area contributed by atoms with E-state index in [2.05, 4.69) is 5.32 Å². The molecule has 2 N–H and O–H groups in total. The highest BCUT2D eigenvalue weighted by molar-refractivity contribution is 5.76. The number of rotatable bonds is 6. The van der Waals surface area contributed by atoms with Crippen LogP contribution in [0.4, 0.5) is 0 Å². The molecule has 4 nitrogen and oxygen atoms in total.